The molecule has 0 fully saturated rings. The third kappa shape index (κ3) is 11.8. The van der Waals surface area contributed by atoms with Crippen LogP contribution in [0.25, 0.3) is 6.08 Å². The zero-order valence-electron chi connectivity index (χ0n) is 14.6. The van der Waals surface area contributed by atoms with E-state index >= 15 is 0 Å². The number of rotatable bonds is 14. The van der Waals surface area contributed by atoms with Crippen LogP contribution < -0.4 is 21.7 Å². The van der Waals surface area contributed by atoms with Gasteiger partial charge in [0, 0.05) is 12.6 Å². The van der Waals surface area contributed by atoms with Crippen LogP contribution in [0.4, 0.5) is 0 Å². The molecule has 24 heavy (non-hydrogen) atoms. The van der Waals surface area contributed by atoms with Gasteiger partial charge < -0.3 is 21.7 Å². The molecule has 0 atom stereocenters. The molecule has 0 radical (unpaired) electrons. The lowest BCUT2D eigenvalue weighted by molar-refractivity contribution is -0.116. The second-order valence-corrected chi connectivity index (χ2v) is 5.74. The Labute approximate surface area is 146 Å². The molecule has 1 aromatic rings. The van der Waals surface area contributed by atoms with Crippen LogP contribution in [0.1, 0.15) is 31.2 Å². The van der Waals surface area contributed by atoms with Crippen LogP contribution in [-0.2, 0) is 4.79 Å². The Morgan fingerprint density at radius 1 is 0.875 bits per heavy atom. The second kappa shape index (κ2) is 14.9. The Morgan fingerprint density at radius 2 is 1.50 bits per heavy atom. The Balaban J connectivity index is 1.88. The molecule has 0 saturated carbocycles. The summed E-state index contributed by atoms with van der Waals surface area (Å²) in [6.07, 6.45) is 7.75. The van der Waals surface area contributed by atoms with E-state index in [1.165, 1.54) is 12.8 Å². The largest absolute Gasteiger partial charge is 0.353 e. The molecule has 5 heteroatoms. The van der Waals surface area contributed by atoms with Crippen molar-refractivity contribution in [1.29, 1.82) is 0 Å². The summed E-state index contributed by atoms with van der Waals surface area (Å²) in [7, 11) is 0. The molecule has 0 bridgehead atoms. The van der Waals surface area contributed by atoms with Gasteiger partial charge in [0.05, 0.1) is 0 Å². The lowest BCUT2D eigenvalue weighted by atomic mass is 10.2. The highest BCUT2D eigenvalue weighted by Crippen LogP contribution is 2.00. The minimum absolute atomic E-state index is 0.0394. The maximum atomic E-state index is 11.7. The predicted octanol–water partition coefficient (Wildman–Crippen LogP) is 1.51. The van der Waals surface area contributed by atoms with Gasteiger partial charge in [0.1, 0.15) is 0 Å². The minimum atomic E-state index is -0.0394. The number of nitrogens with one attached hydrogen (secondary N) is 3. The van der Waals surface area contributed by atoms with E-state index in [9.17, 15) is 4.79 Å². The van der Waals surface area contributed by atoms with Gasteiger partial charge in [0.25, 0.3) is 0 Å². The third-order valence-corrected chi connectivity index (χ3v) is 3.57. The van der Waals surface area contributed by atoms with Gasteiger partial charge in [-0.05, 0) is 70.0 Å². The predicted molar refractivity (Wildman–Crippen MR) is 102 cm³/mol. The molecular formula is C19H32N4O. The molecule has 0 heterocycles. The zero-order chi connectivity index (χ0) is 17.3. The molecule has 1 amide bonds. The van der Waals surface area contributed by atoms with Crippen molar-refractivity contribution >= 4 is 12.0 Å². The van der Waals surface area contributed by atoms with Crippen LogP contribution in [0.5, 0.6) is 0 Å². The van der Waals surface area contributed by atoms with Crippen molar-refractivity contribution < 1.29 is 4.79 Å². The highest BCUT2D eigenvalue weighted by molar-refractivity contribution is 5.91. The van der Waals surface area contributed by atoms with Crippen LogP contribution in [0.3, 0.4) is 0 Å². The van der Waals surface area contributed by atoms with E-state index in [4.69, 9.17) is 5.73 Å². The topological polar surface area (TPSA) is 79.2 Å². The zero-order valence-corrected chi connectivity index (χ0v) is 14.6. The quantitative estimate of drug-likeness (QED) is 0.308. The first kappa shape index (κ1) is 20.4. The number of hydrogen-bond donors (Lipinski definition) is 4. The summed E-state index contributed by atoms with van der Waals surface area (Å²) in [6.45, 7) is 5.50. The van der Waals surface area contributed by atoms with Gasteiger partial charge in [-0.15, -0.1) is 0 Å². The molecular weight excluding hydrogens is 300 g/mol. The van der Waals surface area contributed by atoms with E-state index in [0.717, 1.165) is 51.1 Å². The van der Waals surface area contributed by atoms with E-state index < -0.39 is 0 Å². The van der Waals surface area contributed by atoms with Gasteiger partial charge in [-0.2, -0.15) is 0 Å². The Hall–Kier alpha value is -1.69. The van der Waals surface area contributed by atoms with E-state index in [1.54, 1.807) is 6.08 Å². The van der Waals surface area contributed by atoms with Crippen molar-refractivity contribution in [2.75, 3.05) is 39.3 Å². The SMILES string of the molecule is NCCCNCCCCNCCCNC(=O)C=Cc1ccccc1. The number of carbonyl (C=O) groups is 1. The van der Waals surface area contributed by atoms with Crippen molar-refractivity contribution in [3.8, 4) is 0 Å². The van der Waals surface area contributed by atoms with Gasteiger partial charge >= 0.3 is 0 Å². The molecule has 1 aromatic carbocycles. The molecule has 0 unspecified atom stereocenters. The minimum Gasteiger partial charge on any atom is -0.353 e. The monoisotopic (exact) mass is 332 g/mol. The molecule has 134 valence electrons. The number of nitrogens with two attached hydrogens (primary N) is 1. The molecule has 0 aromatic heterocycles. The second-order valence-electron chi connectivity index (χ2n) is 5.74. The fourth-order valence-electron chi connectivity index (χ4n) is 2.20. The summed E-state index contributed by atoms with van der Waals surface area (Å²) in [5.41, 5.74) is 6.47. The Morgan fingerprint density at radius 3 is 2.17 bits per heavy atom. The summed E-state index contributed by atoms with van der Waals surface area (Å²) >= 11 is 0. The Bertz CT molecular complexity index is 448. The molecule has 5 nitrogen and oxygen atoms in total. The fourth-order valence-corrected chi connectivity index (χ4v) is 2.20. The van der Waals surface area contributed by atoms with Crippen molar-refractivity contribution in [3.05, 3.63) is 42.0 Å². The number of carbonyl (C=O) groups excluding carboxylic acids is 1. The van der Waals surface area contributed by atoms with Crippen molar-refractivity contribution in [2.45, 2.75) is 25.7 Å². The Kier molecular flexibility index (Phi) is 12.6. The van der Waals surface area contributed by atoms with Crippen LogP contribution in [0, 0.1) is 0 Å². The number of unbranched alkanes of at least 4 members (excludes halogenated alkanes) is 1. The van der Waals surface area contributed by atoms with Crippen LogP contribution in [0.15, 0.2) is 36.4 Å². The third-order valence-electron chi connectivity index (χ3n) is 3.57. The van der Waals surface area contributed by atoms with Gasteiger partial charge in [-0.3, -0.25) is 4.79 Å². The maximum absolute atomic E-state index is 11.7. The molecule has 0 aliphatic carbocycles. The average Bonchev–Trinajstić information content (AvgIpc) is 2.62. The van der Waals surface area contributed by atoms with Crippen LogP contribution >= 0.6 is 0 Å². The summed E-state index contributed by atoms with van der Waals surface area (Å²) in [4.78, 5) is 11.7. The maximum Gasteiger partial charge on any atom is 0.243 e. The van der Waals surface area contributed by atoms with Gasteiger partial charge in [-0.25, -0.2) is 0 Å². The number of amides is 1. The van der Waals surface area contributed by atoms with E-state index in [2.05, 4.69) is 16.0 Å². The lowest BCUT2D eigenvalue weighted by Crippen LogP contribution is -2.26. The van der Waals surface area contributed by atoms with E-state index in [-0.39, 0.29) is 5.91 Å². The molecule has 0 aliphatic heterocycles. The smallest absolute Gasteiger partial charge is 0.243 e. The van der Waals surface area contributed by atoms with Gasteiger partial charge in [0.2, 0.25) is 5.91 Å². The summed E-state index contributed by atoms with van der Waals surface area (Å²) < 4.78 is 0. The first-order valence-electron chi connectivity index (χ1n) is 8.95. The van der Waals surface area contributed by atoms with Gasteiger partial charge in [-0.1, -0.05) is 30.3 Å². The summed E-state index contributed by atoms with van der Waals surface area (Å²) in [5, 5.41) is 9.67. The summed E-state index contributed by atoms with van der Waals surface area (Å²) in [5.74, 6) is -0.0394. The molecule has 1 rings (SSSR count). The van der Waals surface area contributed by atoms with E-state index in [0.29, 0.717) is 6.54 Å². The van der Waals surface area contributed by atoms with Crippen molar-refractivity contribution in [2.24, 2.45) is 5.73 Å². The van der Waals surface area contributed by atoms with Crippen LogP contribution in [-0.4, -0.2) is 45.2 Å². The van der Waals surface area contributed by atoms with Crippen LogP contribution in [0.2, 0.25) is 0 Å². The van der Waals surface area contributed by atoms with Crippen molar-refractivity contribution in [1.82, 2.24) is 16.0 Å². The molecule has 0 aliphatic rings. The summed E-state index contributed by atoms with van der Waals surface area (Å²) in [6, 6.07) is 9.82. The lowest BCUT2D eigenvalue weighted by Gasteiger charge is -2.06. The first-order valence-corrected chi connectivity index (χ1v) is 8.95. The number of benzene rings is 1. The molecule has 0 saturated heterocycles. The van der Waals surface area contributed by atoms with Gasteiger partial charge in [0.15, 0.2) is 0 Å². The highest BCUT2D eigenvalue weighted by atomic mass is 16.1. The molecule has 0 spiro atoms. The average molecular weight is 332 g/mol. The first-order chi connectivity index (χ1) is 11.8. The fraction of sp³-hybridized carbons (Fsp3) is 0.526. The standard InChI is InChI=1S/C19H32N4O/c20-12-6-15-21-13-4-5-14-22-16-7-17-23-19(24)11-10-18-8-2-1-3-9-18/h1-3,8-11,21-22H,4-7,12-17,20H2,(H,23,24). The highest BCUT2D eigenvalue weighted by Gasteiger charge is 1.95. The molecule has 5 N–H and O–H groups in total. The number of hydrogen-bond acceptors (Lipinski definition) is 4. The van der Waals surface area contributed by atoms with E-state index in [1.807, 2.05) is 36.4 Å². The van der Waals surface area contributed by atoms with Crippen molar-refractivity contribution in [3.63, 3.8) is 0 Å². The normalized spacial score (nSPS) is 11.0.